The molecule has 8 nitrogen and oxygen atoms in total. The van der Waals surface area contributed by atoms with Gasteiger partial charge in [-0.15, -0.1) is 0 Å². The van der Waals surface area contributed by atoms with Crippen LogP contribution in [0.4, 0.5) is 0 Å². The lowest BCUT2D eigenvalue weighted by Gasteiger charge is -2.25. The fraction of sp³-hybridized carbons (Fsp3) is 0.526. The minimum atomic E-state index is -0.532. The van der Waals surface area contributed by atoms with Crippen molar-refractivity contribution in [3.63, 3.8) is 0 Å². The van der Waals surface area contributed by atoms with Gasteiger partial charge in [-0.1, -0.05) is 0 Å². The number of nitrogens with one attached hydrogen (secondary N) is 2. The number of hydrogen-bond donors (Lipinski definition) is 2. The van der Waals surface area contributed by atoms with Crippen LogP contribution >= 0.6 is 0 Å². The van der Waals surface area contributed by atoms with Crippen LogP contribution in [0.3, 0.4) is 0 Å². The minimum Gasteiger partial charge on any atom is -0.497 e. The summed E-state index contributed by atoms with van der Waals surface area (Å²) in [4.78, 5) is 38.0. The second-order valence-corrected chi connectivity index (χ2v) is 6.58. The molecule has 2 amide bonds. The molecule has 1 aromatic carbocycles. The molecule has 2 atom stereocenters. The van der Waals surface area contributed by atoms with E-state index in [0.717, 1.165) is 12.8 Å². The quantitative estimate of drug-likeness (QED) is 0.683. The van der Waals surface area contributed by atoms with E-state index >= 15 is 0 Å². The first-order valence-electron chi connectivity index (χ1n) is 8.87. The molecule has 0 bridgehead atoms. The number of benzene rings is 1. The lowest BCUT2D eigenvalue weighted by Crippen LogP contribution is -2.42. The molecule has 8 heteroatoms. The zero-order valence-corrected chi connectivity index (χ0v) is 16.2. The van der Waals surface area contributed by atoms with Crippen molar-refractivity contribution < 1.29 is 23.9 Å². The lowest BCUT2D eigenvalue weighted by atomic mass is 10.1. The van der Waals surface area contributed by atoms with E-state index in [-0.39, 0.29) is 29.5 Å². The Morgan fingerprint density at radius 2 is 1.78 bits per heavy atom. The van der Waals surface area contributed by atoms with Crippen LogP contribution < -0.4 is 15.4 Å². The Bertz CT molecular complexity index is 707. The van der Waals surface area contributed by atoms with Crippen LogP contribution in [-0.4, -0.2) is 69.6 Å². The fourth-order valence-corrected chi connectivity index (χ4v) is 3.29. The van der Waals surface area contributed by atoms with Crippen molar-refractivity contribution >= 4 is 17.8 Å². The molecule has 1 heterocycles. The number of carbonyl (C=O) groups is 3. The van der Waals surface area contributed by atoms with Crippen molar-refractivity contribution in [1.82, 2.24) is 15.5 Å². The molecule has 1 aromatic rings. The summed E-state index contributed by atoms with van der Waals surface area (Å²) in [5, 5.41) is 5.55. The normalized spacial score (nSPS) is 19.4. The third kappa shape index (κ3) is 5.19. The van der Waals surface area contributed by atoms with E-state index in [1.165, 1.54) is 26.4 Å². The summed E-state index contributed by atoms with van der Waals surface area (Å²) in [6.07, 6.45) is 2.27. The number of rotatable bonds is 7. The maximum Gasteiger partial charge on any atom is 0.338 e. The molecular weight excluding hydrogens is 350 g/mol. The van der Waals surface area contributed by atoms with E-state index in [1.54, 1.807) is 13.1 Å². The highest BCUT2D eigenvalue weighted by atomic mass is 16.5. The van der Waals surface area contributed by atoms with Gasteiger partial charge in [-0.3, -0.25) is 14.5 Å². The molecule has 0 aromatic heterocycles. The van der Waals surface area contributed by atoms with Gasteiger partial charge in [0, 0.05) is 37.7 Å². The Hall–Kier alpha value is -2.61. The van der Waals surface area contributed by atoms with Gasteiger partial charge in [-0.05, 0) is 38.1 Å². The third-order valence-corrected chi connectivity index (χ3v) is 5.01. The van der Waals surface area contributed by atoms with Crippen LogP contribution in [0.25, 0.3) is 0 Å². The van der Waals surface area contributed by atoms with Gasteiger partial charge in [0.05, 0.1) is 19.8 Å². The summed E-state index contributed by atoms with van der Waals surface area (Å²) in [5.74, 6) is -0.396. The first-order chi connectivity index (χ1) is 12.9. The predicted molar refractivity (Wildman–Crippen MR) is 99.9 cm³/mol. The molecule has 0 aliphatic carbocycles. The highest BCUT2D eigenvalue weighted by Gasteiger charge is 2.31. The van der Waals surface area contributed by atoms with Crippen LogP contribution in [0, 0.1) is 0 Å². The maximum atomic E-state index is 12.5. The molecule has 2 N–H and O–H groups in total. The number of nitrogens with zero attached hydrogens (tertiary/aromatic N) is 1. The Labute approximate surface area is 159 Å². The van der Waals surface area contributed by atoms with Crippen LogP contribution in [0.1, 0.15) is 40.0 Å². The van der Waals surface area contributed by atoms with Crippen LogP contribution in [0.5, 0.6) is 5.75 Å². The van der Waals surface area contributed by atoms with Gasteiger partial charge in [0.15, 0.2) is 0 Å². The molecule has 0 radical (unpaired) electrons. The Morgan fingerprint density at radius 3 is 2.41 bits per heavy atom. The van der Waals surface area contributed by atoms with Gasteiger partial charge >= 0.3 is 5.97 Å². The van der Waals surface area contributed by atoms with Crippen LogP contribution in [0.2, 0.25) is 0 Å². The first-order valence-corrected chi connectivity index (χ1v) is 8.87. The van der Waals surface area contributed by atoms with Crippen LogP contribution in [0.15, 0.2) is 18.2 Å². The SMILES string of the molecule is CNC(=O)C[C@H]1CC[C@@H](CNC(=O)c2cc(OC)cc(C(=O)OC)c2)N1C. The van der Waals surface area contributed by atoms with Gasteiger partial charge in [-0.2, -0.15) is 0 Å². The van der Waals surface area contributed by atoms with Gasteiger partial charge in [0.1, 0.15) is 5.75 Å². The molecule has 2 rings (SSSR count). The summed E-state index contributed by atoms with van der Waals surface area (Å²) in [6, 6.07) is 4.92. The smallest absolute Gasteiger partial charge is 0.338 e. The van der Waals surface area contributed by atoms with Gasteiger partial charge in [0.25, 0.3) is 5.91 Å². The molecule has 27 heavy (non-hydrogen) atoms. The molecule has 148 valence electrons. The van der Waals surface area contributed by atoms with E-state index in [1.807, 2.05) is 7.05 Å². The molecule has 1 saturated heterocycles. The number of likely N-dealkylation sites (N-methyl/N-ethyl adjacent to an activating group) is 1. The minimum absolute atomic E-state index is 0.0169. The molecule has 1 aliphatic heterocycles. The lowest BCUT2D eigenvalue weighted by molar-refractivity contribution is -0.121. The standard InChI is InChI=1S/C19H27N3O5/c1-20-17(23)10-14-5-6-15(22(14)2)11-21-18(24)12-7-13(19(25)27-4)9-16(8-12)26-3/h7-9,14-15H,5-6,10-11H2,1-4H3,(H,20,23)(H,21,24)/t14-,15+/m1/s1. The van der Waals surface area contributed by atoms with Crippen molar-refractivity contribution in [2.24, 2.45) is 0 Å². The number of methoxy groups -OCH3 is 2. The van der Waals surface area contributed by atoms with Crippen molar-refractivity contribution in [2.45, 2.75) is 31.3 Å². The van der Waals surface area contributed by atoms with E-state index in [2.05, 4.69) is 15.5 Å². The molecule has 0 spiro atoms. The molecular formula is C19H27N3O5. The first kappa shape index (κ1) is 20.7. The van der Waals surface area contributed by atoms with Crippen molar-refractivity contribution in [3.8, 4) is 5.75 Å². The summed E-state index contributed by atoms with van der Waals surface area (Å²) in [5.41, 5.74) is 0.586. The monoisotopic (exact) mass is 377 g/mol. The number of amides is 2. The average Bonchev–Trinajstić information content (AvgIpc) is 3.04. The summed E-state index contributed by atoms with van der Waals surface area (Å²) < 4.78 is 9.88. The number of likely N-dealkylation sites (tertiary alicyclic amines) is 1. The van der Waals surface area contributed by atoms with Crippen molar-refractivity contribution in [2.75, 3.05) is 34.9 Å². The Kier molecular flexibility index (Phi) is 7.18. The van der Waals surface area contributed by atoms with Crippen molar-refractivity contribution in [1.29, 1.82) is 0 Å². The number of hydrogen-bond acceptors (Lipinski definition) is 6. The number of ether oxygens (including phenoxy) is 2. The zero-order chi connectivity index (χ0) is 20.0. The highest BCUT2D eigenvalue weighted by molar-refractivity contribution is 5.98. The second-order valence-electron chi connectivity index (χ2n) is 6.58. The largest absolute Gasteiger partial charge is 0.497 e. The Balaban J connectivity index is 1.99. The molecule has 1 fully saturated rings. The topological polar surface area (TPSA) is 97.0 Å². The predicted octanol–water partition coefficient (Wildman–Crippen LogP) is 0.811. The average molecular weight is 377 g/mol. The van der Waals surface area contributed by atoms with Gasteiger partial charge in [0.2, 0.25) is 5.91 Å². The van der Waals surface area contributed by atoms with Crippen molar-refractivity contribution in [3.05, 3.63) is 29.3 Å². The number of carbonyl (C=O) groups excluding carboxylic acids is 3. The van der Waals surface area contributed by atoms with E-state index in [9.17, 15) is 14.4 Å². The van der Waals surface area contributed by atoms with Gasteiger partial charge < -0.3 is 20.1 Å². The third-order valence-electron chi connectivity index (χ3n) is 5.01. The highest BCUT2D eigenvalue weighted by Crippen LogP contribution is 2.24. The maximum absolute atomic E-state index is 12.5. The molecule has 0 unspecified atom stereocenters. The molecule has 0 saturated carbocycles. The van der Waals surface area contributed by atoms with E-state index in [4.69, 9.17) is 9.47 Å². The summed E-state index contributed by atoms with van der Waals surface area (Å²) in [7, 11) is 6.36. The van der Waals surface area contributed by atoms with E-state index in [0.29, 0.717) is 24.3 Å². The number of esters is 1. The zero-order valence-electron chi connectivity index (χ0n) is 16.2. The van der Waals surface area contributed by atoms with Gasteiger partial charge in [-0.25, -0.2) is 4.79 Å². The fourth-order valence-electron chi connectivity index (χ4n) is 3.29. The summed E-state index contributed by atoms with van der Waals surface area (Å²) in [6.45, 7) is 0.463. The van der Waals surface area contributed by atoms with E-state index < -0.39 is 5.97 Å². The van der Waals surface area contributed by atoms with Crippen LogP contribution in [-0.2, 0) is 9.53 Å². The Morgan fingerprint density at radius 1 is 1.11 bits per heavy atom. The molecule has 1 aliphatic rings. The summed E-state index contributed by atoms with van der Waals surface area (Å²) >= 11 is 0. The second kappa shape index (κ2) is 9.36.